The highest BCUT2D eigenvalue weighted by atomic mass is 19.1. The largest absolute Gasteiger partial charge is 0.301 e. The van der Waals surface area contributed by atoms with Gasteiger partial charge < -0.3 is 5.32 Å². The molecular formula is C12H15FN4. The lowest BCUT2D eigenvalue weighted by molar-refractivity contribution is 0.477. The zero-order chi connectivity index (χ0) is 12.3. The standard InChI is InChI=1S/C12H15FN4/c1-8(10-3-5-11(13)6-4-10)16-9(2)12-14-7-15-17-12/h3-9,16H,1-2H3,(H,14,15,17). The normalized spacial score (nSPS) is 14.5. The Bertz CT molecular complexity index is 452. The zero-order valence-electron chi connectivity index (χ0n) is 9.81. The monoisotopic (exact) mass is 234 g/mol. The van der Waals surface area contributed by atoms with Gasteiger partial charge in [-0.25, -0.2) is 9.37 Å². The zero-order valence-corrected chi connectivity index (χ0v) is 9.81. The Labute approximate surface area is 99.3 Å². The highest BCUT2D eigenvalue weighted by molar-refractivity contribution is 5.19. The molecule has 2 atom stereocenters. The Balaban J connectivity index is 2.01. The molecule has 0 saturated carbocycles. The van der Waals surface area contributed by atoms with Crippen molar-refractivity contribution in [2.24, 2.45) is 0 Å². The molecule has 0 aliphatic carbocycles. The minimum absolute atomic E-state index is 0.0672. The second-order valence-corrected chi connectivity index (χ2v) is 4.03. The molecule has 1 aromatic heterocycles. The lowest BCUT2D eigenvalue weighted by Gasteiger charge is -2.18. The highest BCUT2D eigenvalue weighted by Gasteiger charge is 2.12. The number of rotatable bonds is 4. The van der Waals surface area contributed by atoms with E-state index in [4.69, 9.17) is 0 Å². The summed E-state index contributed by atoms with van der Waals surface area (Å²) in [5, 5.41) is 9.99. The third kappa shape index (κ3) is 2.88. The molecule has 0 radical (unpaired) electrons. The first-order chi connectivity index (χ1) is 8.16. The minimum atomic E-state index is -0.218. The van der Waals surface area contributed by atoms with E-state index in [1.807, 2.05) is 13.8 Å². The van der Waals surface area contributed by atoms with Gasteiger partial charge >= 0.3 is 0 Å². The molecular weight excluding hydrogens is 219 g/mol. The van der Waals surface area contributed by atoms with Gasteiger partial charge in [0.1, 0.15) is 18.0 Å². The van der Waals surface area contributed by atoms with Crippen LogP contribution < -0.4 is 5.32 Å². The SMILES string of the molecule is CC(NC(C)c1ncn[nH]1)c1ccc(F)cc1. The summed E-state index contributed by atoms with van der Waals surface area (Å²) < 4.78 is 12.8. The first kappa shape index (κ1) is 11.7. The van der Waals surface area contributed by atoms with Crippen molar-refractivity contribution in [3.05, 3.63) is 47.8 Å². The summed E-state index contributed by atoms with van der Waals surface area (Å²) in [6.07, 6.45) is 1.48. The maximum absolute atomic E-state index is 12.8. The fraction of sp³-hybridized carbons (Fsp3) is 0.333. The summed E-state index contributed by atoms with van der Waals surface area (Å²) in [7, 11) is 0. The van der Waals surface area contributed by atoms with Gasteiger partial charge in [-0.1, -0.05) is 12.1 Å². The van der Waals surface area contributed by atoms with Gasteiger partial charge in [-0.15, -0.1) is 0 Å². The average Bonchev–Trinajstić information content (AvgIpc) is 2.83. The van der Waals surface area contributed by atoms with E-state index < -0.39 is 0 Å². The van der Waals surface area contributed by atoms with E-state index in [-0.39, 0.29) is 17.9 Å². The average molecular weight is 234 g/mol. The molecule has 0 fully saturated rings. The summed E-state index contributed by atoms with van der Waals surface area (Å²) >= 11 is 0. The molecule has 0 aliphatic rings. The van der Waals surface area contributed by atoms with Crippen LogP contribution in [-0.4, -0.2) is 15.2 Å². The second kappa shape index (κ2) is 5.05. The maximum atomic E-state index is 12.8. The Morgan fingerprint density at radius 1 is 1.18 bits per heavy atom. The third-order valence-electron chi connectivity index (χ3n) is 2.71. The molecule has 2 rings (SSSR count). The number of aromatic amines is 1. The van der Waals surface area contributed by atoms with Crippen LogP contribution in [0.5, 0.6) is 0 Å². The number of nitrogens with zero attached hydrogens (tertiary/aromatic N) is 2. The van der Waals surface area contributed by atoms with Gasteiger partial charge in [0.05, 0.1) is 6.04 Å². The number of hydrogen-bond acceptors (Lipinski definition) is 3. The van der Waals surface area contributed by atoms with Gasteiger partial charge in [0, 0.05) is 6.04 Å². The number of nitrogens with one attached hydrogen (secondary N) is 2. The smallest absolute Gasteiger partial charge is 0.141 e. The summed E-state index contributed by atoms with van der Waals surface area (Å²) in [6, 6.07) is 6.67. The van der Waals surface area contributed by atoms with Crippen molar-refractivity contribution < 1.29 is 4.39 Å². The maximum Gasteiger partial charge on any atom is 0.141 e. The lowest BCUT2D eigenvalue weighted by Crippen LogP contribution is -2.23. The van der Waals surface area contributed by atoms with E-state index in [9.17, 15) is 4.39 Å². The van der Waals surface area contributed by atoms with Gasteiger partial charge in [0.2, 0.25) is 0 Å². The molecule has 0 aliphatic heterocycles. The highest BCUT2D eigenvalue weighted by Crippen LogP contribution is 2.17. The van der Waals surface area contributed by atoms with E-state index in [1.165, 1.54) is 18.5 Å². The second-order valence-electron chi connectivity index (χ2n) is 4.03. The predicted octanol–water partition coefficient (Wildman–Crippen LogP) is 2.36. The Morgan fingerprint density at radius 2 is 1.88 bits per heavy atom. The van der Waals surface area contributed by atoms with E-state index in [2.05, 4.69) is 20.5 Å². The van der Waals surface area contributed by atoms with Gasteiger partial charge in [0.15, 0.2) is 0 Å². The summed E-state index contributed by atoms with van der Waals surface area (Å²) in [5.74, 6) is 0.572. The Morgan fingerprint density at radius 3 is 2.47 bits per heavy atom. The van der Waals surface area contributed by atoms with Crippen LogP contribution in [0.2, 0.25) is 0 Å². The molecule has 1 aromatic carbocycles. The fourth-order valence-corrected chi connectivity index (χ4v) is 1.73. The summed E-state index contributed by atoms with van der Waals surface area (Å²) in [6.45, 7) is 4.03. The fourth-order valence-electron chi connectivity index (χ4n) is 1.73. The molecule has 4 nitrogen and oxygen atoms in total. The summed E-state index contributed by atoms with van der Waals surface area (Å²) in [5.41, 5.74) is 1.04. The predicted molar refractivity (Wildman–Crippen MR) is 62.7 cm³/mol. The molecule has 5 heteroatoms. The van der Waals surface area contributed by atoms with Gasteiger partial charge in [-0.2, -0.15) is 5.10 Å². The van der Waals surface area contributed by atoms with Crippen LogP contribution in [0.1, 0.15) is 37.3 Å². The van der Waals surface area contributed by atoms with Crippen LogP contribution in [-0.2, 0) is 0 Å². The van der Waals surface area contributed by atoms with Crippen molar-refractivity contribution in [2.75, 3.05) is 0 Å². The number of aromatic nitrogens is 3. The van der Waals surface area contributed by atoms with E-state index in [0.29, 0.717) is 0 Å². The van der Waals surface area contributed by atoms with Crippen LogP contribution in [0.25, 0.3) is 0 Å². The van der Waals surface area contributed by atoms with Crippen molar-refractivity contribution in [3.63, 3.8) is 0 Å². The summed E-state index contributed by atoms with van der Waals surface area (Å²) in [4.78, 5) is 4.09. The van der Waals surface area contributed by atoms with Crippen LogP contribution in [0.3, 0.4) is 0 Å². The van der Waals surface area contributed by atoms with Crippen molar-refractivity contribution in [1.29, 1.82) is 0 Å². The molecule has 2 N–H and O–H groups in total. The molecule has 0 spiro atoms. The van der Waals surface area contributed by atoms with E-state index in [1.54, 1.807) is 12.1 Å². The van der Waals surface area contributed by atoms with Gasteiger partial charge in [-0.05, 0) is 31.5 Å². The van der Waals surface area contributed by atoms with Crippen molar-refractivity contribution >= 4 is 0 Å². The molecule has 17 heavy (non-hydrogen) atoms. The first-order valence-electron chi connectivity index (χ1n) is 5.53. The molecule has 0 bridgehead atoms. The van der Waals surface area contributed by atoms with E-state index >= 15 is 0 Å². The lowest BCUT2D eigenvalue weighted by atomic mass is 10.1. The van der Waals surface area contributed by atoms with Crippen LogP contribution in [0.4, 0.5) is 4.39 Å². The number of H-pyrrole nitrogens is 1. The van der Waals surface area contributed by atoms with Gasteiger partial charge in [0.25, 0.3) is 0 Å². The number of halogens is 1. The Kier molecular flexibility index (Phi) is 3.49. The van der Waals surface area contributed by atoms with Gasteiger partial charge in [-0.3, -0.25) is 5.10 Å². The number of benzene rings is 1. The topological polar surface area (TPSA) is 53.6 Å². The first-order valence-corrected chi connectivity index (χ1v) is 5.53. The third-order valence-corrected chi connectivity index (χ3v) is 2.71. The molecule has 90 valence electrons. The molecule has 0 amide bonds. The molecule has 0 saturated heterocycles. The Hall–Kier alpha value is -1.75. The van der Waals surface area contributed by atoms with Crippen molar-refractivity contribution in [1.82, 2.24) is 20.5 Å². The van der Waals surface area contributed by atoms with Crippen LogP contribution >= 0.6 is 0 Å². The van der Waals surface area contributed by atoms with Crippen molar-refractivity contribution in [3.8, 4) is 0 Å². The van der Waals surface area contributed by atoms with Crippen LogP contribution in [0, 0.1) is 5.82 Å². The van der Waals surface area contributed by atoms with Crippen LogP contribution in [0.15, 0.2) is 30.6 Å². The minimum Gasteiger partial charge on any atom is -0.301 e. The quantitative estimate of drug-likeness (QED) is 0.853. The van der Waals surface area contributed by atoms with Crippen molar-refractivity contribution in [2.45, 2.75) is 25.9 Å². The molecule has 2 aromatic rings. The molecule has 1 heterocycles. The van der Waals surface area contributed by atoms with E-state index in [0.717, 1.165) is 11.4 Å². The molecule has 2 unspecified atom stereocenters. The number of hydrogen-bond donors (Lipinski definition) is 2.